The maximum atomic E-state index is 12.0. The number of H-pyrrole nitrogens is 1. The van der Waals surface area contributed by atoms with Crippen molar-refractivity contribution >= 4 is 27.7 Å². The fraction of sp³-hybridized carbons (Fsp3) is 0.357. The molecule has 2 aromatic heterocycles. The van der Waals surface area contributed by atoms with Crippen LogP contribution in [0.1, 0.15) is 19.3 Å². The number of hydrogen-bond acceptors (Lipinski definition) is 5. The fourth-order valence-corrected chi connectivity index (χ4v) is 4.47. The first kappa shape index (κ1) is 23.3. The van der Waals surface area contributed by atoms with Gasteiger partial charge in [-0.05, 0) is 43.2 Å². The minimum atomic E-state index is 0.112. The van der Waals surface area contributed by atoms with Crippen LogP contribution in [0.25, 0.3) is 33.1 Å². The van der Waals surface area contributed by atoms with Crippen LogP contribution in [0.15, 0.2) is 60.8 Å². The number of carbonyl (C=O) groups excluding carboxylic acids is 1. The number of fused-ring (bicyclic) bond motifs is 2. The first-order chi connectivity index (χ1) is 17.3. The van der Waals surface area contributed by atoms with E-state index in [0.717, 1.165) is 79.1 Å². The van der Waals surface area contributed by atoms with Gasteiger partial charge >= 0.3 is 0 Å². The van der Waals surface area contributed by atoms with Crippen molar-refractivity contribution in [2.24, 2.45) is 0 Å². The zero-order valence-corrected chi connectivity index (χ0v) is 20.0. The molecule has 4 aromatic rings. The van der Waals surface area contributed by atoms with Gasteiger partial charge in [0.25, 0.3) is 0 Å². The zero-order chi connectivity index (χ0) is 23.9. The minimum Gasteiger partial charge on any atom is -0.494 e. The van der Waals surface area contributed by atoms with Gasteiger partial charge in [-0.3, -0.25) is 9.69 Å². The van der Waals surface area contributed by atoms with Gasteiger partial charge in [-0.2, -0.15) is 0 Å². The number of morpholine rings is 1. The number of amides is 1. The third-order valence-corrected chi connectivity index (χ3v) is 6.45. The summed E-state index contributed by atoms with van der Waals surface area (Å²) in [5, 5.41) is 5.23. The molecular formula is C28H32N4O3. The van der Waals surface area contributed by atoms with Gasteiger partial charge in [-0.15, -0.1) is 0 Å². The lowest BCUT2D eigenvalue weighted by Crippen LogP contribution is -2.41. The van der Waals surface area contributed by atoms with E-state index < -0.39 is 0 Å². The molecule has 0 bridgehead atoms. The quantitative estimate of drug-likeness (QED) is 0.335. The van der Waals surface area contributed by atoms with E-state index in [1.165, 1.54) is 5.39 Å². The van der Waals surface area contributed by atoms with E-state index in [0.29, 0.717) is 19.6 Å². The van der Waals surface area contributed by atoms with Crippen LogP contribution in [0.2, 0.25) is 0 Å². The first-order valence-electron chi connectivity index (χ1n) is 12.4. The predicted molar refractivity (Wildman–Crippen MR) is 139 cm³/mol. The predicted octanol–water partition coefficient (Wildman–Crippen LogP) is 4.38. The molecule has 7 nitrogen and oxygen atoms in total. The van der Waals surface area contributed by atoms with Gasteiger partial charge in [0.2, 0.25) is 5.91 Å². The topological polar surface area (TPSA) is 79.5 Å². The van der Waals surface area contributed by atoms with Crippen LogP contribution in [-0.2, 0) is 9.53 Å². The number of nitrogens with one attached hydrogen (secondary N) is 2. The molecular weight excluding hydrogens is 440 g/mol. The van der Waals surface area contributed by atoms with Crippen molar-refractivity contribution in [3.63, 3.8) is 0 Å². The second-order valence-electron chi connectivity index (χ2n) is 8.91. The van der Waals surface area contributed by atoms with Gasteiger partial charge in [0.1, 0.15) is 5.75 Å². The van der Waals surface area contributed by atoms with Crippen LogP contribution in [0.5, 0.6) is 5.75 Å². The first-order valence-corrected chi connectivity index (χ1v) is 12.4. The monoisotopic (exact) mass is 472 g/mol. The molecule has 3 heterocycles. The van der Waals surface area contributed by atoms with Crippen molar-refractivity contribution in [2.75, 3.05) is 46.0 Å². The number of carbonyl (C=O) groups is 1. The molecule has 0 spiro atoms. The summed E-state index contributed by atoms with van der Waals surface area (Å²) in [6.45, 7) is 5.64. The molecule has 1 aliphatic rings. The molecule has 5 rings (SSSR count). The van der Waals surface area contributed by atoms with Gasteiger partial charge in [0.05, 0.1) is 31.0 Å². The molecule has 1 saturated heterocycles. The summed E-state index contributed by atoms with van der Waals surface area (Å²) in [6, 6.07) is 18.4. The lowest BCUT2D eigenvalue weighted by atomic mass is 10.1. The van der Waals surface area contributed by atoms with E-state index in [9.17, 15) is 4.79 Å². The minimum absolute atomic E-state index is 0.112. The maximum Gasteiger partial charge on any atom is 0.220 e. The second kappa shape index (κ2) is 11.3. The number of benzene rings is 2. The molecule has 2 aromatic carbocycles. The molecule has 7 heteroatoms. The normalized spacial score (nSPS) is 14.4. The van der Waals surface area contributed by atoms with Crippen LogP contribution in [0.4, 0.5) is 0 Å². The Morgan fingerprint density at radius 1 is 1.09 bits per heavy atom. The Morgan fingerprint density at radius 3 is 2.89 bits per heavy atom. The van der Waals surface area contributed by atoms with Gasteiger partial charge in [0, 0.05) is 60.6 Å². The molecule has 1 fully saturated rings. The number of unbranched alkanes of at least 4 members (excludes halogenated alkanes) is 1. The Kier molecular flexibility index (Phi) is 7.56. The van der Waals surface area contributed by atoms with Crippen LogP contribution >= 0.6 is 0 Å². The Hall–Kier alpha value is -3.42. The SMILES string of the molecule is O=C(CCCCOc1ccc2nc(-c3c[nH]c4ccccc34)ccc2c1)NCCN1CCOCC1. The molecule has 0 atom stereocenters. The lowest BCUT2D eigenvalue weighted by Gasteiger charge is -2.26. The summed E-state index contributed by atoms with van der Waals surface area (Å²) in [6.07, 6.45) is 4.20. The third-order valence-electron chi connectivity index (χ3n) is 6.45. The fourth-order valence-electron chi connectivity index (χ4n) is 4.47. The van der Waals surface area contributed by atoms with E-state index in [2.05, 4.69) is 39.5 Å². The number of aromatic amines is 1. The van der Waals surface area contributed by atoms with Crippen molar-refractivity contribution in [3.05, 3.63) is 60.8 Å². The van der Waals surface area contributed by atoms with Crippen LogP contribution in [0, 0.1) is 0 Å². The highest BCUT2D eigenvalue weighted by atomic mass is 16.5. The average molecular weight is 473 g/mol. The summed E-state index contributed by atoms with van der Waals surface area (Å²) in [7, 11) is 0. The number of pyridine rings is 1. The van der Waals surface area contributed by atoms with Gasteiger partial charge < -0.3 is 19.8 Å². The van der Waals surface area contributed by atoms with E-state index in [1.54, 1.807) is 0 Å². The van der Waals surface area contributed by atoms with E-state index in [-0.39, 0.29) is 5.91 Å². The molecule has 35 heavy (non-hydrogen) atoms. The molecule has 0 aliphatic carbocycles. The van der Waals surface area contributed by atoms with Crippen molar-refractivity contribution in [1.82, 2.24) is 20.2 Å². The smallest absolute Gasteiger partial charge is 0.220 e. The van der Waals surface area contributed by atoms with Crippen molar-refractivity contribution in [3.8, 4) is 17.0 Å². The summed E-state index contributed by atoms with van der Waals surface area (Å²) in [5.41, 5.74) is 4.10. The Morgan fingerprint density at radius 2 is 1.97 bits per heavy atom. The molecule has 1 amide bonds. The lowest BCUT2D eigenvalue weighted by molar-refractivity contribution is -0.121. The summed E-state index contributed by atoms with van der Waals surface area (Å²) >= 11 is 0. The highest BCUT2D eigenvalue weighted by Crippen LogP contribution is 2.29. The summed E-state index contributed by atoms with van der Waals surface area (Å²) in [4.78, 5) is 22.5. The highest BCUT2D eigenvalue weighted by molar-refractivity contribution is 5.95. The Balaban J connectivity index is 1.06. The van der Waals surface area contributed by atoms with Gasteiger partial charge in [0.15, 0.2) is 0 Å². The molecule has 0 radical (unpaired) electrons. The molecule has 1 aliphatic heterocycles. The largest absolute Gasteiger partial charge is 0.494 e. The number of ether oxygens (including phenoxy) is 2. The standard InChI is InChI=1S/C28H32N4O3/c33-28(29-12-13-32-14-17-34-18-15-32)7-3-4-16-35-22-9-11-25-21(19-22)8-10-27(31-25)24-20-30-26-6-2-1-5-23(24)26/h1-2,5-6,8-11,19-20,30H,3-4,7,12-18H2,(H,29,33). The molecule has 2 N–H and O–H groups in total. The maximum absolute atomic E-state index is 12.0. The summed E-state index contributed by atoms with van der Waals surface area (Å²) in [5.74, 6) is 0.940. The van der Waals surface area contributed by atoms with E-state index in [1.807, 2.05) is 36.5 Å². The van der Waals surface area contributed by atoms with Crippen LogP contribution in [-0.4, -0.2) is 66.8 Å². The number of nitrogens with zero attached hydrogens (tertiary/aromatic N) is 2. The van der Waals surface area contributed by atoms with Crippen LogP contribution in [0.3, 0.4) is 0 Å². The highest BCUT2D eigenvalue weighted by Gasteiger charge is 2.11. The van der Waals surface area contributed by atoms with Crippen molar-refractivity contribution in [1.29, 1.82) is 0 Å². The average Bonchev–Trinajstić information content (AvgIpc) is 3.33. The van der Waals surface area contributed by atoms with Crippen molar-refractivity contribution < 1.29 is 14.3 Å². The number of aromatic nitrogens is 2. The van der Waals surface area contributed by atoms with Gasteiger partial charge in [-0.1, -0.05) is 24.3 Å². The van der Waals surface area contributed by atoms with E-state index >= 15 is 0 Å². The van der Waals surface area contributed by atoms with Crippen LogP contribution < -0.4 is 10.1 Å². The number of para-hydroxylation sites is 1. The molecule has 0 saturated carbocycles. The third kappa shape index (κ3) is 5.99. The number of rotatable bonds is 10. The zero-order valence-electron chi connectivity index (χ0n) is 20.0. The van der Waals surface area contributed by atoms with Crippen molar-refractivity contribution in [2.45, 2.75) is 19.3 Å². The second-order valence-corrected chi connectivity index (χ2v) is 8.91. The number of hydrogen-bond donors (Lipinski definition) is 2. The van der Waals surface area contributed by atoms with E-state index in [4.69, 9.17) is 14.5 Å². The summed E-state index contributed by atoms with van der Waals surface area (Å²) < 4.78 is 11.3. The molecule has 182 valence electrons. The molecule has 0 unspecified atom stereocenters. The van der Waals surface area contributed by atoms with Gasteiger partial charge in [-0.25, -0.2) is 4.98 Å². The Labute approximate surface area is 205 Å². The Bertz CT molecular complexity index is 1280.